The molecule has 0 saturated carbocycles. The fourth-order valence-corrected chi connectivity index (χ4v) is 2.54. The van der Waals surface area contributed by atoms with E-state index in [1.54, 1.807) is 7.11 Å². The highest BCUT2D eigenvalue weighted by Crippen LogP contribution is 2.26. The van der Waals surface area contributed by atoms with Crippen molar-refractivity contribution in [1.29, 1.82) is 0 Å². The number of methoxy groups -OCH3 is 1. The minimum absolute atomic E-state index is 0.00276. The van der Waals surface area contributed by atoms with Crippen LogP contribution in [0.3, 0.4) is 0 Å². The van der Waals surface area contributed by atoms with Crippen LogP contribution in [-0.2, 0) is 4.79 Å². The van der Waals surface area contributed by atoms with Crippen molar-refractivity contribution < 1.29 is 9.53 Å². The van der Waals surface area contributed by atoms with Gasteiger partial charge in [0.15, 0.2) is 0 Å². The molecular weight excluding hydrogens is 270 g/mol. The van der Waals surface area contributed by atoms with Gasteiger partial charge in [-0.15, -0.1) is 11.8 Å². The number of amides is 1. The van der Waals surface area contributed by atoms with E-state index >= 15 is 0 Å². The van der Waals surface area contributed by atoms with Crippen LogP contribution in [0.25, 0.3) is 0 Å². The second-order valence-corrected chi connectivity index (χ2v) is 5.71. The highest BCUT2D eigenvalue weighted by atomic mass is 32.2. The van der Waals surface area contributed by atoms with E-state index in [1.807, 2.05) is 61.5 Å². The van der Waals surface area contributed by atoms with Gasteiger partial charge in [-0.2, -0.15) is 0 Å². The lowest BCUT2D eigenvalue weighted by Gasteiger charge is -2.12. The number of hydrogen-bond acceptors (Lipinski definition) is 3. The number of carbonyl (C=O) groups excluding carboxylic acids is 1. The first-order chi connectivity index (χ1) is 9.69. The largest absolute Gasteiger partial charge is 0.497 e. The van der Waals surface area contributed by atoms with Gasteiger partial charge in [-0.05, 0) is 43.3 Å². The Hall–Kier alpha value is -1.94. The molecule has 0 saturated heterocycles. The summed E-state index contributed by atoms with van der Waals surface area (Å²) in [6.45, 7) is 1.90. The lowest BCUT2D eigenvalue weighted by atomic mass is 10.3. The molecule has 0 aromatic heterocycles. The molecule has 0 spiro atoms. The third-order valence-electron chi connectivity index (χ3n) is 2.78. The maximum atomic E-state index is 12.1. The van der Waals surface area contributed by atoms with E-state index in [2.05, 4.69) is 5.32 Å². The number of nitrogens with one attached hydrogen (secondary N) is 1. The molecule has 1 atom stereocenters. The van der Waals surface area contributed by atoms with Crippen molar-refractivity contribution in [1.82, 2.24) is 0 Å². The number of para-hydroxylation sites is 1. The molecular formula is C16H17NO2S. The lowest BCUT2D eigenvalue weighted by molar-refractivity contribution is -0.115. The van der Waals surface area contributed by atoms with E-state index in [0.29, 0.717) is 0 Å². The molecule has 1 N–H and O–H groups in total. The Balaban J connectivity index is 1.93. The number of hydrogen-bond donors (Lipinski definition) is 1. The molecule has 0 fully saturated rings. The molecule has 20 heavy (non-hydrogen) atoms. The van der Waals surface area contributed by atoms with Crippen molar-refractivity contribution in [3.63, 3.8) is 0 Å². The number of ether oxygens (including phenoxy) is 1. The molecule has 0 unspecified atom stereocenters. The van der Waals surface area contributed by atoms with Gasteiger partial charge in [0, 0.05) is 10.6 Å². The van der Waals surface area contributed by atoms with Gasteiger partial charge in [-0.1, -0.05) is 18.2 Å². The first-order valence-electron chi connectivity index (χ1n) is 6.35. The molecule has 1 amide bonds. The average Bonchev–Trinajstić information content (AvgIpc) is 2.49. The maximum Gasteiger partial charge on any atom is 0.237 e. The van der Waals surface area contributed by atoms with Gasteiger partial charge in [0.25, 0.3) is 0 Å². The van der Waals surface area contributed by atoms with Gasteiger partial charge in [-0.3, -0.25) is 4.79 Å². The topological polar surface area (TPSA) is 38.3 Å². The van der Waals surface area contributed by atoms with Crippen LogP contribution in [0.5, 0.6) is 5.75 Å². The number of benzene rings is 2. The summed E-state index contributed by atoms with van der Waals surface area (Å²) in [5.74, 6) is 0.813. The molecule has 0 aliphatic rings. The van der Waals surface area contributed by atoms with E-state index < -0.39 is 0 Å². The summed E-state index contributed by atoms with van der Waals surface area (Å²) in [5, 5.41) is 2.74. The second-order valence-electron chi connectivity index (χ2n) is 4.29. The third kappa shape index (κ3) is 4.03. The van der Waals surface area contributed by atoms with Gasteiger partial charge in [-0.25, -0.2) is 0 Å². The van der Waals surface area contributed by atoms with Crippen molar-refractivity contribution in [3.05, 3.63) is 54.6 Å². The highest BCUT2D eigenvalue weighted by molar-refractivity contribution is 8.00. The summed E-state index contributed by atoms with van der Waals surface area (Å²) in [7, 11) is 1.64. The van der Waals surface area contributed by atoms with Crippen LogP contribution in [0.4, 0.5) is 5.69 Å². The summed E-state index contributed by atoms with van der Waals surface area (Å²) in [5.41, 5.74) is 0.819. The zero-order valence-electron chi connectivity index (χ0n) is 11.5. The Morgan fingerprint density at radius 1 is 1.10 bits per heavy atom. The highest BCUT2D eigenvalue weighted by Gasteiger charge is 2.14. The van der Waals surface area contributed by atoms with E-state index in [0.717, 1.165) is 16.3 Å². The third-order valence-corrected chi connectivity index (χ3v) is 3.89. The summed E-state index contributed by atoms with van der Waals surface area (Å²) >= 11 is 1.52. The smallest absolute Gasteiger partial charge is 0.237 e. The molecule has 2 aromatic rings. The molecule has 0 aliphatic carbocycles. The van der Waals surface area contributed by atoms with Crippen molar-refractivity contribution in [2.75, 3.05) is 12.4 Å². The monoisotopic (exact) mass is 287 g/mol. The standard InChI is InChI=1S/C16H17NO2S/c1-12(16(18)17-13-6-4-3-5-7-13)20-15-10-8-14(19-2)9-11-15/h3-12H,1-2H3,(H,17,18)/t12-/m1/s1. The Morgan fingerprint density at radius 3 is 2.35 bits per heavy atom. The van der Waals surface area contributed by atoms with E-state index in [4.69, 9.17) is 4.74 Å². The molecule has 0 aliphatic heterocycles. The fraction of sp³-hybridized carbons (Fsp3) is 0.188. The Morgan fingerprint density at radius 2 is 1.75 bits per heavy atom. The number of thioether (sulfide) groups is 1. The Kier molecular flexibility index (Phi) is 5.07. The van der Waals surface area contributed by atoms with E-state index in [-0.39, 0.29) is 11.2 Å². The second kappa shape index (κ2) is 7.01. The fourth-order valence-electron chi connectivity index (χ4n) is 1.68. The van der Waals surface area contributed by atoms with Crippen molar-refractivity contribution >= 4 is 23.4 Å². The van der Waals surface area contributed by atoms with Crippen LogP contribution in [0.2, 0.25) is 0 Å². The predicted octanol–water partition coefficient (Wildman–Crippen LogP) is 3.81. The van der Waals surface area contributed by atoms with Gasteiger partial charge < -0.3 is 10.1 Å². The SMILES string of the molecule is COc1ccc(S[C@H](C)C(=O)Nc2ccccc2)cc1. The quantitative estimate of drug-likeness (QED) is 0.850. The van der Waals surface area contributed by atoms with Gasteiger partial charge in [0.1, 0.15) is 5.75 Å². The number of carbonyl (C=O) groups is 1. The van der Waals surface area contributed by atoms with E-state index in [9.17, 15) is 4.79 Å². The molecule has 3 nitrogen and oxygen atoms in total. The van der Waals surface area contributed by atoms with Crippen molar-refractivity contribution in [2.45, 2.75) is 17.1 Å². The first-order valence-corrected chi connectivity index (χ1v) is 7.23. The molecule has 104 valence electrons. The van der Waals surface area contributed by atoms with Crippen LogP contribution in [0, 0.1) is 0 Å². The van der Waals surface area contributed by atoms with Crippen molar-refractivity contribution in [2.24, 2.45) is 0 Å². The van der Waals surface area contributed by atoms with Crippen LogP contribution >= 0.6 is 11.8 Å². The minimum Gasteiger partial charge on any atom is -0.497 e. The molecule has 2 aromatic carbocycles. The minimum atomic E-state index is -0.163. The number of rotatable bonds is 5. The molecule has 0 bridgehead atoms. The Labute approximate surface area is 123 Å². The zero-order chi connectivity index (χ0) is 14.4. The zero-order valence-corrected chi connectivity index (χ0v) is 12.3. The lowest BCUT2D eigenvalue weighted by Crippen LogP contribution is -2.22. The van der Waals surface area contributed by atoms with Crippen LogP contribution in [-0.4, -0.2) is 18.3 Å². The maximum absolute atomic E-state index is 12.1. The number of anilines is 1. The predicted molar refractivity (Wildman–Crippen MR) is 83.4 cm³/mol. The normalized spacial score (nSPS) is 11.7. The molecule has 2 rings (SSSR count). The summed E-state index contributed by atoms with van der Waals surface area (Å²) < 4.78 is 5.11. The van der Waals surface area contributed by atoms with Gasteiger partial charge in [0.2, 0.25) is 5.91 Å². The van der Waals surface area contributed by atoms with Gasteiger partial charge >= 0.3 is 0 Å². The van der Waals surface area contributed by atoms with E-state index in [1.165, 1.54) is 11.8 Å². The first kappa shape index (κ1) is 14.5. The summed E-state index contributed by atoms with van der Waals surface area (Å²) in [6, 6.07) is 17.2. The summed E-state index contributed by atoms with van der Waals surface area (Å²) in [6.07, 6.45) is 0. The molecule has 4 heteroatoms. The van der Waals surface area contributed by atoms with Crippen LogP contribution < -0.4 is 10.1 Å². The Bertz CT molecular complexity index is 554. The van der Waals surface area contributed by atoms with Crippen molar-refractivity contribution in [3.8, 4) is 5.75 Å². The molecule has 0 radical (unpaired) electrons. The van der Waals surface area contributed by atoms with Crippen LogP contribution in [0.15, 0.2) is 59.5 Å². The average molecular weight is 287 g/mol. The molecule has 0 heterocycles. The van der Waals surface area contributed by atoms with Gasteiger partial charge in [0.05, 0.1) is 12.4 Å². The van der Waals surface area contributed by atoms with Crippen LogP contribution in [0.1, 0.15) is 6.92 Å². The summed E-state index contributed by atoms with van der Waals surface area (Å²) in [4.78, 5) is 13.1.